The number of carbonyl (C=O) groups excluding carboxylic acids is 1. The number of hydrogen-bond donors (Lipinski definition) is 2. The smallest absolute Gasteiger partial charge is 0.365 e. The highest BCUT2D eigenvalue weighted by Crippen LogP contribution is 1.99. The van der Waals surface area contributed by atoms with Gasteiger partial charge in [0.15, 0.2) is 0 Å². The fraction of sp³-hybridized carbons (Fsp3) is 0.571. The summed E-state index contributed by atoms with van der Waals surface area (Å²) in [4.78, 5) is 15.5. The molecule has 0 saturated heterocycles. The highest BCUT2D eigenvalue weighted by Gasteiger charge is 2.06. The number of nitrogens with zero attached hydrogens (tertiary/aromatic N) is 1. The molecule has 8 heteroatoms. The van der Waals surface area contributed by atoms with Gasteiger partial charge in [0.2, 0.25) is 0 Å². The van der Waals surface area contributed by atoms with Gasteiger partial charge < -0.3 is 4.84 Å². The Balaban J connectivity index is 0. The maximum atomic E-state index is 10.8. The van der Waals surface area contributed by atoms with E-state index >= 15 is 0 Å². The summed E-state index contributed by atoms with van der Waals surface area (Å²) >= 11 is 0. The van der Waals surface area contributed by atoms with E-state index in [1.165, 1.54) is 5.06 Å². The minimum absolute atomic E-state index is 0.354. The van der Waals surface area contributed by atoms with Gasteiger partial charge in [-0.2, -0.15) is 8.42 Å². The molecule has 0 aromatic rings. The van der Waals surface area contributed by atoms with Gasteiger partial charge in [0.05, 0.1) is 0 Å². The Hall–Kier alpha value is -0.960. The van der Waals surface area contributed by atoms with E-state index in [2.05, 4.69) is 6.58 Å². The Morgan fingerprint density at radius 2 is 1.73 bits per heavy atom. The maximum Gasteiger partial charge on any atom is 0.394 e. The molecular weight excluding hydrogens is 226 g/mol. The molecule has 0 aliphatic rings. The number of hydroxylamine groups is 2. The molecule has 0 amide bonds. The van der Waals surface area contributed by atoms with E-state index in [0.717, 1.165) is 0 Å². The van der Waals surface area contributed by atoms with Crippen LogP contribution < -0.4 is 0 Å². The first-order valence-corrected chi connectivity index (χ1v) is 5.24. The lowest BCUT2D eigenvalue weighted by Gasteiger charge is -2.09. The average Bonchev–Trinajstić information content (AvgIpc) is 1.98. The molecule has 0 heterocycles. The van der Waals surface area contributed by atoms with Crippen molar-refractivity contribution in [3.8, 4) is 0 Å². The van der Waals surface area contributed by atoms with Gasteiger partial charge in [0, 0.05) is 19.7 Å². The normalized spacial score (nSPS) is 10.3. The Kier molecular flexibility index (Phi) is 8.07. The molecule has 0 saturated carbocycles. The van der Waals surface area contributed by atoms with Crippen molar-refractivity contribution < 1.29 is 27.2 Å². The summed E-state index contributed by atoms with van der Waals surface area (Å²) in [6, 6.07) is 0. The van der Waals surface area contributed by atoms with Crippen LogP contribution in [0.1, 0.15) is 13.3 Å². The van der Waals surface area contributed by atoms with Crippen LogP contribution in [0.5, 0.6) is 0 Å². The third-order valence-corrected chi connectivity index (χ3v) is 0.981. The van der Waals surface area contributed by atoms with Crippen LogP contribution in [0.2, 0.25) is 0 Å². The van der Waals surface area contributed by atoms with E-state index in [1.807, 2.05) is 6.92 Å². The monoisotopic (exact) mass is 241 g/mol. The van der Waals surface area contributed by atoms with Crippen LogP contribution >= 0.6 is 0 Å². The van der Waals surface area contributed by atoms with Crippen LogP contribution in [0, 0.1) is 0 Å². The van der Waals surface area contributed by atoms with Crippen molar-refractivity contribution in [2.45, 2.75) is 13.3 Å². The van der Waals surface area contributed by atoms with Gasteiger partial charge in [0.1, 0.15) is 0 Å². The minimum Gasteiger partial charge on any atom is -0.365 e. The molecule has 0 radical (unpaired) electrons. The van der Waals surface area contributed by atoms with Crippen molar-refractivity contribution in [1.29, 1.82) is 0 Å². The Morgan fingerprint density at radius 3 is 1.93 bits per heavy atom. The van der Waals surface area contributed by atoms with Crippen molar-refractivity contribution in [2.75, 3.05) is 14.1 Å². The lowest BCUT2D eigenvalue weighted by molar-refractivity contribution is -0.173. The SMILES string of the molecule is C=C(CC)C(=O)ON(C)C.O=S(=O)(O)O. The second kappa shape index (κ2) is 7.35. The van der Waals surface area contributed by atoms with Gasteiger partial charge in [-0.3, -0.25) is 9.11 Å². The summed E-state index contributed by atoms with van der Waals surface area (Å²) in [6.45, 7) is 5.39. The lowest BCUT2D eigenvalue weighted by Crippen LogP contribution is -2.19. The summed E-state index contributed by atoms with van der Waals surface area (Å²) in [7, 11) is -1.36. The van der Waals surface area contributed by atoms with Crippen LogP contribution in [0.25, 0.3) is 0 Å². The molecule has 2 N–H and O–H groups in total. The third kappa shape index (κ3) is 19.4. The zero-order valence-electron chi connectivity index (χ0n) is 8.80. The molecule has 7 nitrogen and oxygen atoms in total. The van der Waals surface area contributed by atoms with E-state index in [1.54, 1.807) is 14.1 Å². The second-order valence-corrected chi connectivity index (χ2v) is 3.49. The summed E-state index contributed by atoms with van der Waals surface area (Å²) in [5, 5.41) is 1.35. The van der Waals surface area contributed by atoms with Crippen LogP contribution in [-0.2, 0) is 20.0 Å². The van der Waals surface area contributed by atoms with E-state index in [9.17, 15) is 4.79 Å². The van der Waals surface area contributed by atoms with Crippen LogP contribution in [0.15, 0.2) is 12.2 Å². The van der Waals surface area contributed by atoms with E-state index in [-0.39, 0.29) is 5.97 Å². The highest BCUT2D eigenvalue weighted by atomic mass is 32.3. The van der Waals surface area contributed by atoms with Crippen LogP contribution in [0.3, 0.4) is 0 Å². The molecule has 0 atom stereocenters. The second-order valence-electron chi connectivity index (χ2n) is 2.60. The molecule has 0 aliphatic heterocycles. The minimum atomic E-state index is -4.67. The first kappa shape index (κ1) is 16.5. The van der Waals surface area contributed by atoms with Crippen molar-refractivity contribution in [2.24, 2.45) is 0 Å². The zero-order valence-corrected chi connectivity index (χ0v) is 9.61. The third-order valence-electron chi connectivity index (χ3n) is 0.981. The van der Waals surface area contributed by atoms with Crippen molar-refractivity contribution in [3.63, 3.8) is 0 Å². The van der Waals surface area contributed by atoms with Crippen molar-refractivity contribution in [1.82, 2.24) is 5.06 Å². The Morgan fingerprint density at radius 1 is 1.40 bits per heavy atom. The van der Waals surface area contributed by atoms with Crippen LogP contribution in [-0.4, -0.2) is 42.7 Å². The zero-order chi connectivity index (χ0) is 12.6. The summed E-state index contributed by atoms with van der Waals surface area (Å²) < 4.78 is 31.6. The van der Waals surface area contributed by atoms with Gasteiger partial charge in [-0.1, -0.05) is 13.5 Å². The first-order chi connectivity index (χ1) is 6.57. The highest BCUT2D eigenvalue weighted by molar-refractivity contribution is 7.79. The summed E-state index contributed by atoms with van der Waals surface area (Å²) in [5.74, 6) is -0.354. The Bertz CT molecular complexity index is 299. The topological polar surface area (TPSA) is 104 Å². The average molecular weight is 241 g/mol. The molecule has 0 spiro atoms. The van der Waals surface area contributed by atoms with Gasteiger partial charge in [-0.15, -0.1) is 5.06 Å². The molecule has 0 aromatic heterocycles. The molecule has 15 heavy (non-hydrogen) atoms. The molecular formula is C7H15NO6S. The van der Waals surface area contributed by atoms with E-state index in [4.69, 9.17) is 22.4 Å². The quantitative estimate of drug-likeness (QED) is 0.416. The number of rotatable bonds is 3. The molecule has 0 aliphatic carbocycles. The van der Waals surface area contributed by atoms with Crippen LogP contribution in [0.4, 0.5) is 0 Å². The lowest BCUT2D eigenvalue weighted by atomic mass is 10.2. The predicted octanol–water partition coefficient (Wildman–Crippen LogP) is 0.320. The standard InChI is InChI=1S/C7H13NO2.H2O4S/c1-5-6(2)7(9)10-8(3)4;1-5(2,3)4/h2,5H2,1,3-4H3;(H2,1,2,3,4). The molecule has 0 unspecified atom stereocenters. The number of carbonyl (C=O) groups is 1. The maximum absolute atomic E-state index is 10.8. The van der Waals surface area contributed by atoms with Gasteiger partial charge in [0.25, 0.3) is 0 Å². The predicted molar refractivity (Wildman–Crippen MR) is 53.4 cm³/mol. The molecule has 90 valence electrons. The van der Waals surface area contributed by atoms with Gasteiger partial charge >= 0.3 is 16.4 Å². The van der Waals surface area contributed by atoms with E-state index < -0.39 is 10.4 Å². The molecule has 0 fully saturated rings. The number of hydrogen-bond acceptors (Lipinski definition) is 5. The molecule has 0 aromatic carbocycles. The summed E-state index contributed by atoms with van der Waals surface area (Å²) in [6.07, 6.45) is 0.632. The summed E-state index contributed by atoms with van der Waals surface area (Å²) in [5.41, 5.74) is 0.494. The van der Waals surface area contributed by atoms with Gasteiger partial charge in [-0.05, 0) is 6.42 Å². The fourth-order valence-electron chi connectivity index (χ4n) is 0.375. The van der Waals surface area contributed by atoms with Crippen molar-refractivity contribution in [3.05, 3.63) is 12.2 Å². The first-order valence-electron chi connectivity index (χ1n) is 3.85. The Labute approximate surface area is 88.9 Å². The van der Waals surface area contributed by atoms with E-state index in [0.29, 0.717) is 12.0 Å². The molecule has 0 rings (SSSR count). The van der Waals surface area contributed by atoms with Gasteiger partial charge in [-0.25, -0.2) is 4.79 Å². The fourth-order valence-corrected chi connectivity index (χ4v) is 0.375. The largest absolute Gasteiger partial charge is 0.394 e. The molecule has 0 bridgehead atoms. The van der Waals surface area contributed by atoms with Crippen molar-refractivity contribution >= 4 is 16.4 Å².